The second-order valence-electron chi connectivity index (χ2n) is 3.08. The van der Waals surface area contributed by atoms with Gasteiger partial charge in [-0.05, 0) is 5.56 Å². The predicted octanol–water partition coefficient (Wildman–Crippen LogP) is 1.33. The van der Waals surface area contributed by atoms with Crippen LogP contribution in [-0.4, -0.2) is 40.1 Å². The number of carbonyl (C=O) groups is 2. The van der Waals surface area contributed by atoms with Crippen LogP contribution in [0.3, 0.4) is 0 Å². The maximum absolute atomic E-state index is 11.2. The van der Waals surface area contributed by atoms with Crippen molar-refractivity contribution in [1.82, 2.24) is 5.01 Å². The summed E-state index contributed by atoms with van der Waals surface area (Å²) in [5.41, 5.74) is 0.797. The zero-order valence-corrected chi connectivity index (χ0v) is 10.5. The third kappa shape index (κ3) is 4.36. The zero-order valence-electron chi connectivity index (χ0n) is 8.91. The molecule has 1 N–H and O–H groups in total. The van der Waals surface area contributed by atoms with Crippen molar-refractivity contribution < 1.29 is 14.7 Å². The first-order valence-corrected chi connectivity index (χ1v) is 5.97. The molecule has 0 heterocycles. The lowest BCUT2D eigenvalue weighted by Gasteiger charge is -2.12. The summed E-state index contributed by atoms with van der Waals surface area (Å²) in [4.78, 5) is 21.8. The smallest absolute Gasteiger partial charge is 0.396 e. The number of carboxylic acids is 1. The van der Waals surface area contributed by atoms with Gasteiger partial charge < -0.3 is 5.11 Å². The van der Waals surface area contributed by atoms with E-state index in [9.17, 15) is 9.59 Å². The van der Waals surface area contributed by atoms with Gasteiger partial charge in [-0.2, -0.15) is 5.10 Å². The molecule has 0 saturated carbocycles. The lowest BCUT2D eigenvalue weighted by atomic mass is 10.2. The Bertz CT molecular complexity index is 420. The third-order valence-electron chi connectivity index (χ3n) is 1.86. The molecule has 0 bridgehead atoms. The summed E-state index contributed by atoms with van der Waals surface area (Å²) in [7, 11) is 0. The molecular formula is C11H11BrN2O3. The molecule has 1 aromatic rings. The first-order valence-electron chi connectivity index (χ1n) is 4.85. The molecule has 0 atom stereocenters. The molecule has 6 heteroatoms. The van der Waals surface area contributed by atoms with E-state index >= 15 is 0 Å². The summed E-state index contributed by atoms with van der Waals surface area (Å²) >= 11 is 3.13. The topological polar surface area (TPSA) is 70.0 Å². The van der Waals surface area contributed by atoms with Gasteiger partial charge >= 0.3 is 11.9 Å². The lowest BCUT2D eigenvalue weighted by Crippen LogP contribution is -2.33. The summed E-state index contributed by atoms with van der Waals surface area (Å²) in [6.45, 7) is 0.203. The average Bonchev–Trinajstić information content (AvgIpc) is 2.34. The second kappa shape index (κ2) is 6.80. The van der Waals surface area contributed by atoms with Gasteiger partial charge in [-0.3, -0.25) is 4.79 Å². The van der Waals surface area contributed by atoms with Crippen LogP contribution in [0.5, 0.6) is 0 Å². The Morgan fingerprint density at radius 2 is 2.00 bits per heavy atom. The molecule has 0 aromatic heterocycles. The van der Waals surface area contributed by atoms with Crippen LogP contribution in [0.25, 0.3) is 0 Å². The van der Waals surface area contributed by atoms with Crippen molar-refractivity contribution in [2.24, 2.45) is 5.10 Å². The minimum absolute atomic E-state index is 0.203. The summed E-state index contributed by atoms with van der Waals surface area (Å²) in [5, 5.41) is 13.8. The van der Waals surface area contributed by atoms with Crippen LogP contribution in [0.4, 0.5) is 0 Å². The van der Waals surface area contributed by atoms with Crippen molar-refractivity contribution in [3.63, 3.8) is 0 Å². The summed E-state index contributed by atoms with van der Waals surface area (Å²) in [6, 6.07) is 9.13. The first-order chi connectivity index (χ1) is 8.15. The summed E-state index contributed by atoms with van der Waals surface area (Å²) in [5.74, 6) is -2.56. The van der Waals surface area contributed by atoms with Crippen LogP contribution in [0, 0.1) is 0 Å². The Labute approximate surface area is 107 Å². The van der Waals surface area contributed by atoms with Gasteiger partial charge in [0.2, 0.25) is 0 Å². The molecule has 0 aliphatic heterocycles. The molecule has 5 nitrogen and oxygen atoms in total. The van der Waals surface area contributed by atoms with Crippen molar-refractivity contribution in [1.29, 1.82) is 0 Å². The highest BCUT2D eigenvalue weighted by Crippen LogP contribution is 1.98. The minimum Gasteiger partial charge on any atom is -0.474 e. The number of nitrogens with zero attached hydrogens (tertiary/aromatic N) is 2. The molecule has 1 aromatic carbocycles. The maximum atomic E-state index is 11.2. The number of hydrogen-bond donors (Lipinski definition) is 1. The highest BCUT2D eigenvalue weighted by Gasteiger charge is 2.19. The highest BCUT2D eigenvalue weighted by atomic mass is 79.9. The number of aliphatic carboxylic acids is 1. The van der Waals surface area contributed by atoms with E-state index in [2.05, 4.69) is 21.0 Å². The normalized spacial score (nSPS) is 10.4. The van der Waals surface area contributed by atoms with Crippen molar-refractivity contribution >= 4 is 34.0 Å². The Kier molecular flexibility index (Phi) is 5.35. The van der Waals surface area contributed by atoms with Crippen molar-refractivity contribution in [2.45, 2.75) is 0 Å². The minimum atomic E-state index is -1.52. The third-order valence-corrected chi connectivity index (χ3v) is 2.21. The van der Waals surface area contributed by atoms with Crippen LogP contribution in [0.1, 0.15) is 5.56 Å². The molecule has 0 fully saturated rings. The van der Waals surface area contributed by atoms with Gasteiger partial charge in [0.05, 0.1) is 12.8 Å². The van der Waals surface area contributed by atoms with Crippen molar-refractivity contribution in [3.05, 3.63) is 35.9 Å². The Morgan fingerprint density at radius 3 is 2.53 bits per heavy atom. The molecule has 0 radical (unpaired) electrons. The first kappa shape index (κ1) is 13.4. The van der Waals surface area contributed by atoms with E-state index in [-0.39, 0.29) is 6.54 Å². The van der Waals surface area contributed by atoms with E-state index in [1.165, 1.54) is 6.21 Å². The van der Waals surface area contributed by atoms with Crippen molar-refractivity contribution in [3.8, 4) is 0 Å². The SMILES string of the molecule is O=C(O)C(=O)N(CCBr)/N=C/c1ccccc1. The van der Waals surface area contributed by atoms with Gasteiger partial charge in [0.25, 0.3) is 0 Å². The number of benzene rings is 1. The molecule has 17 heavy (non-hydrogen) atoms. The van der Waals surface area contributed by atoms with E-state index in [1.54, 1.807) is 12.1 Å². The molecule has 0 spiro atoms. The van der Waals surface area contributed by atoms with E-state index in [0.717, 1.165) is 10.6 Å². The van der Waals surface area contributed by atoms with Crippen LogP contribution in [0.2, 0.25) is 0 Å². The quantitative estimate of drug-likeness (QED) is 0.394. The number of halogens is 1. The molecule has 90 valence electrons. The largest absolute Gasteiger partial charge is 0.474 e. The van der Waals surface area contributed by atoms with Crippen molar-refractivity contribution in [2.75, 3.05) is 11.9 Å². The number of hydrazone groups is 1. The van der Waals surface area contributed by atoms with E-state index in [4.69, 9.17) is 5.11 Å². The monoisotopic (exact) mass is 298 g/mol. The summed E-state index contributed by atoms with van der Waals surface area (Å²) < 4.78 is 0. The van der Waals surface area contributed by atoms with Crippen LogP contribution < -0.4 is 0 Å². The van der Waals surface area contributed by atoms with Gasteiger partial charge in [0.1, 0.15) is 0 Å². The maximum Gasteiger partial charge on any atom is 0.396 e. The number of amides is 1. The fraction of sp³-hybridized carbons (Fsp3) is 0.182. The summed E-state index contributed by atoms with van der Waals surface area (Å²) in [6.07, 6.45) is 1.45. The fourth-order valence-corrected chi connectivity index (χ4v) is 1.41. The molecule has 0 aliphatic rings. The standard InChI is InChI=1S/C11H11BrN2O3/c12-6-7-14(10(15)11(16)17)13-8-9-4-2-1-3-5-9/h1-5,8H,6-7H2,(H,16,17)/b13-8+. The van der Waals surface area contributed by atoms with Crippen LogP contribution >= 0.6 is 15.9 Å². The number of hydrogen-bond acceptors (Lipinski definition) is 3. The Hall–Kier alpha value is -1.69. The van der Waals surface area contributed by atoms with Crippen LogP contribution in [0.15, 0.2) is 35.4 Å². The fourth-order valence-electron chi connectivity index (χ4n) is 1.08. The van der Waals surface area contributed by atoms with E-state index in [0.29, 0.717) is 5.33 Å². The molecule has 1 rings (SSSR count). The number of alkyl halides is 1. The molecule has 1 amide bonds. The molecule has 0 saturated heterocycles. The average molecular weight is 299 g/mol. The second-order valence-corrected chi connectivity index (χ2v) is 3.87. The van der Waals surface area contributed by atoms with E-state index < -0.39 is 11.9 Å². The van der Waals surface area contributed by atoms with Gasteiger partial charge in [-0.15, -0.1) is 0 Å². The Morgan fingerprint density at radius 1 is 1.35 bits per heavy atom. The van der Waals surface area contributed by atoms with Gasteiger partial charge in [0, 0.05) is 5.33 Å². The molecule has 0 unspecified atom stereocenters. The predicted molar refractivity (Wildman–Crippen MR) is 67.2 cm³/mol. The Balaban J connectivity index is 2.76. The lowest BCUT2D eigenvalue weighted by molar-refractivity contribution is -0.155. The van der Waals surface area contributed by atoms with Gasteiger partial charge in [0.15, 0.2) is 0 Å². The molecular weight excluding hydrogens is 288 g/mol. The van der Waals surface area contributed by atoms with Gasteiger partial charge in [-0.25, -0.2) is 9.80 Å². The van der Waals surface area contributed by atoms with E-state index in [1.807, 2.05) is 18.2 Å². The highest BCUT2D eigenvalue weighted by molar-refractivity contribution is 9.09. The number of carbonyl (C=O) groups excluding carboxylic acids is 1. The number of carboxylic acid groups (broad SMARTS) is 1. The van der Waals surface area contributed by atoms with Gasteiger partial charge in [-0.1, -0.05) is 46.3 Å². The number of rotatable bonds is 4. The molecule has 0 aliphatic carbocycles. The zero-order chi connectivity index (χ0) is 12.7. The van der Waals surface area contributed by atoms with Crippen LogP contribution in [-0.2, 0) is 9.59 Å².